The van der Waals surface area contributed by atoms with E-state index in [9.17, 15) is 4.79 Å². The van der Waals surface area contributed by atoms with Gasteiger partial charge in [0.25, 0.3) is 0 Å². The maximum absolute atomic E-state index is 11.8. The first-order valence-corrected chi connectivity index (χ1v) is 8.60. The number of hydrogen-bond acceptors (Lipinski definition) is 4. The second-order valence-electron chi connectivity index (χ2n) is 7.68. The molecular formula is C19H26BNO3. The smallest absolute Gasteiger partial charge is 0.400 e. The molecule has 1 aliphatic heterocycles. The molecule has 5 heteroatoms. The summed E-state index contributed by atoms with van der Waals surface area (Å²) in [5, 5.41) is 3.20. The van der Waals surface area contributed by atoms with Gasteiger partial charge in [-0.25, -0.2) is 0 Å². The molecule has 1 N–H and O–H groups in total. The van der Waals surface area contributed by atoms with Gasteiger partial charge in [-0.2, -0.15) is 0 Å². The lowest BCUT2D eigenvalue weighted by atomic mass is 9.77. The second kappa shape index (κ2) is 6.14. The standard InChI is InChI=1S/C19H26BNO3/c1-18(2)19(3,4)24-20(23-18)15(12-21-5)11-13-6-8-16-14(10-13)7-9-17(16)22/h6,8,10-11,21H,7,9,12H2,1-5H3. The van der Waals surface area contributed by atoms with Crippen LogP contribution in [0.2, 0.25) is 0 Å². The van der Waals surface area contributed by atoms with Crippen molar-refractivity contribution in [2.75, 3.05) is 13.6 Å². The third-order valence-corrected chi connectivity index (χ3v) is 5.34. The lowest BCUT2D eigenvalue weighted by molar-refractivity contribution is 0.00578. The predicted molar refractivity (Wildman–Crippen MR) is 97.1 cm³/mol. The van der Waals surface area contributed by atoms with Gasteiger partial charge in [0.2, 0.25) is 0 Å². The van der Waals surface area contributed by atoms with E-state index < -0.39 is 0 Å². The molecule has 24 heavy (non-hydrogen) atoms. The number of ketones is 1. The highest BCUT2D eigenvalue weighted by Gasteiger charge is 2.52. The van der Waals surface area contributed by atoms with Crippen molar-refractivity contribution >= 4 is 19.0 Å². The molecule has 0 atom stereocenters. The van der Waals surface area contributed by atoms with Crippen molar-refractivity contribution in [2.24, 2.45) is 0 Å². The Morgan fingerprint density at radius 1 is 1.21 bits per heavy atom. The van der Waals surface area contributed by atoms with Gasteiger partial charge in [-0.05, 0) is 57.8 Å². The third kappa shape index (κ3) is 3.08. The molecule has 0 spiro atoms. The molecule has 128 valence electrons. The minimum atomic E-state index is -0.364. The maximum atomic E-state index is 11.8. The van der Waals surface area contributed by atoms with Gasteiger partial charge in [-0.1, -0.05) is 24.3 Å². The van der Waals surface area contributed by atoms with Crippen LogP contribution in [0.4, 0.5) is 0 Å². The molecule has 1 saturated heterocycles. The number of aryl methyl sites for hydroxylation is 1. The van der Waals surface area contributed by atoms with Crippen molar-refractivity contribution in [3.05, 3.63) is 40.4 Å². The Morgan fingerprint density at radius 2 is 1.88 bits per heavy atom. The van der Waals surface area contributed by atoms with Crippen LogP contribution in [0.3, 0.4) is 0 Å². The van der Waals surface area contributed by atoms with Crippen LogP contribution in [-0.2, 0) is 15.7 Å². The zero-order chi connectivity index (χ0) is 17.5. The minimum absolute atomic E-state index is 0.252. The van der Waals surface area contributed by atoms with Crippen molar-refractivity contribution in [3.63, 3.8) is 0 Å². The minimum Gasteiger partial charge on any atom is -0.400 e. The second-order valence-corrected chi connectivity index (χ2v) is 7.68. The zero-order valence-electron chi connectivity index (χ0n) is 15.2. The Bertz CT molecular complexity index is 678. The van der Waals surface area contributed by atoms with E-state index in [2.05, 4.69) is 45.2 Å². The lowest BCUT2D eigenvalue weighted by Crippen LogP contribution is -2.41. The molecule has 1 aliphatic carbocycles. The van der Waals surface area contributed by atoms with E-state index in [-0.39, 0.29) is 24.1 Å². The first-order valence-electron chi connectivity index (χ1n) is 8.60. The van der Waals surface area contributed by atoms with Gasteiger partial charge in [-0.3, -0.25) is 4.79 Å². The Labute approximate surface area is 144 Å². The molecule has 0 saturated carbocycles. The van der Waals surface area contributed by atoms with Gasteiger partial charge in [0.1, 0.15) is 0 Å². The van der Waals surface area contributed by atoms with Gasteiger partial charge in [-0.15, -0.1) is 0 Å². The van der Waals surface area contributed by atoms with Crippen LogP contribution < -0.4 is 5.32 Å². The summed E-state index contributed by atoms with van der Waals surface area (Å²) in [6, 6.07) is 6.06. The quantitative estimate of drug-likeness (QED) is 0.864. The van der Waals surface area contributed by atoms with E-state index in [4.69, 9.17) is 9.31 Å². The summed E-state index contributed by atoms with van der Waals surface area (Å²) in [5.74, 6) is 0.252. The fourth-order valence-electron chi connectivity index (χ4n) is 3.18. The number of rotatable bonds is 4. The molecular weight excluding hydrogens is 301 g/mol. The molecule has 0 radical (unpaired) electrons. The zero-order valence-corrected chi connectivity index (χ0v) is 15.2. The van der Waals surface area contributed by atoms with Crippen LogP contribution in [0.5, 0.6) is 0 Å². The number of benzene rings is 1. The van der Waals surface area contributed by atoms with Crippen molar-refractivity contribution in [1.29, 1.82) is 0 Å². The lowest BCUT2D eigenvalue weighted by Gasteiger charge is -2.32. The number of carbonyl (C=O) groups excluding carboxylic acids is 1. The van der Waals surface area contributed by atoms with Gasteiger partial charge >= 0.3 is 7.12 Å². The highest BCUT2D eigenvalue weighted by molar-refractivity contribution is 6.55. The molecule has 1 heterocycles. The molecule has 2 aliphatic rings. The largest absolute Gasteiger partial charge is 0.491 e. The van der Waals surface area contributed by atoms with Gasteiger partial charge < -0.3 is 14.6 Å². The Morgan fingerprint density at radius 3 is 2.50 bits per heavy atom. The molecule has 1 aromatic carbocycles. The molecule has 0 unspecified atom stereocenters. The summed E-state index contributed by atoms with van der Waals surface area (Å²) in [5.41, 5.74) is 3.46. The van der Waals surface area contributed by atoms with E-state index >= 15 is 0 Å². The summed E-state index contributed by atoms with van der Waals surface area (Å²) in [6.45, 7) is 8.93. The molecule has 0 amide bonds. The van der Waals surface area contributed by atoms with Gasteiger partial charge in [0, 0.05) is 18.5 Å². The fourth-order valence-corrected chi connectivity index (χ4v) is 3.18. The highest BCUT2D eigenvalue weighted by Crippen LogP contribution is 2.38. The number of nitrogens with one attached hydrogen (secondary N) is 1. The maximum Gasteiger partial charge on any atom is 0.491 e. The monoisotopic (exact) mass is 327 g/mol. The van der Waals surface area contributed by atoms with Crippen molar-refractivity contribution in [2.45, 2.75) is 51.7 Å². The number of fused-ring (bicyclic) bond motifs is 1. The number of Topliss-reactive ketones (excluding diaryl/α,β-unsaturated/α-hetero) is 1. The average molecular weight is 327 g/mol. The van der Waals surface area contributed by atoms with Crippen LogP contribution >= 0.6 is 0 Å². The first kappa shape index (κ1) is 17.4. The number of likely N-dealkylation sites (N-methyl/N-ethyl adjacent to an activating group) is 1. The van der Waals surface area contributed by atoms with E-state index in [1.807, 2.05) is 19.2 Å². The van der Waals surface area contributed by atoms with Crippen LogP contribution in [-0.4, -0.2) is 37.7 Å². The van der Waals surface area contributed by atoms with E-state index in [0.29, 0.717) is 13.0 Å². The summed E-state index contributed by atoms with van der Waals surface area (Å²) in [6.07, 6.45) is 3.58. The molecule has 0 bridgehead atoms. The summed E-state index contributed by atoms with van der Waals surface area (Å²) >= 11 is 0. The molecule has 4 nitrogen and oxygen atoms in total. The summed E-state index contributed by atoms with van der Waals surface area (Å²) < 4.78 is 12.4. The Kier molecular flexibility index (Phi) is 4.45. The topological polar surface area (TPSA) is 47.6 Å². The number of carbonyl (C=O) groups is 1. The summed E-state index contributed by atoms with van der Waals surface area (Å²) in [4.78, 5) is 11.8. The Hall–Kier alpha value is -1.43. The molecule has 1 aromatic rings. The predicted octanol–water partition coefficient (Wildman–Crippen LogP) is 3.05. The average Bonchev–Trinajstić information content (AvgIpc) is 2.96. The van der Waals surface area contributed by atoms with Crippen LogP contribution in [0, 0.1) is 0 Å². The molecule has 1 fully saturated rings. The van der Waals surface area contributed by atoms with Gasteiger partial charge in [0.05, 0.1) is 11.2 Å². The van der Waals surface area contributed by atoms with Crippen molar-refractivity contribution in [3.8, 4) is 0 Å². The van der Waals surface area contributed by atoms with E-state index in [1.165, 1.54) is 0 Å². The van der Waals surface area contributed by atoms with Crippen molar-refractivity contribution in [1.82, 2.24) is 5.32 Å². The van der Waals surface area contributed by atoms with Gasteiger partial charge in [0.15, 0.2) is 5.78 Å². The normalized spacial score (nSPS) is 22.1. The van der Waals surface area contributed by atoms with Crippen molar-refractivity contribution < 1.29 is 14.1 Å². The van der Waals surface area contributed by atoms with Crippen LogP contribution in [0.15, 0.2) is 23.7 Å². The molecule has 0 aromatic heterocycles. The van der Waals surface area contributed by atoms with Crippen LogP contribution in [0.1, 0.15) is 55.6 Å². The molecule has 3 rings (SSSR count). The third-order valence-electron chi connectivity index (χ3n) is 5.34. The fraction of sp³-hybridized carbons (Fsp3) is 0.526. The number of hydrogen-bond donors (Lipinski definition) is 1. The Balaban J connectivity index is 1.89. The summed E-state index contributed by atoms with van der Waals surface area (Å²) in [7, 11) is 1.55. The highest BCUT2D eigenvalue weighted by atomic mass is 16.7. The SMILES string of the molecule is CNCC(=Cc1ccc2c(c1)CCC2=O)B1OC(C)(C)C(C)(C)O1. The van der Waals surface area contributed by atoms with Crippen LogP contribution in [0.25, 0.3) is 6.08 Å². The van der Waals surface area contributed by atoms with E-state index in [0.717, 1.165) is 28.6 Å². The first-order chi connectivity index (χ1) is 11.2. The van der Waals surface area contributed by atoms with E-state index in [1.54, 1.807) is 0 Å².